The zero-order valence-corrected chi connectivity index (χ0v) is 17.8. The summed E-state index contributed by atoms with van der Waals surface area (Å²) in [6.07, 6.45) is 0.778. The molecule has 2 N–H and O–H groups in total. The molecule has 0 fully saturated rings. The van der Waals surface area contributed by atoms with Gasteiger partial charge in [0, 0.05) is 25.2 Å². The van der Waals surface area contributed by atoms with Crippen LogP contribution in [0.1, 0.15) is 16.7 Å². The molecule has 0 saturated heterocycles. The minimum atomic E-state index is 0. The van der Waals surface area contributed by atoms with Gasteiger partial charge in [-0.15, -0.1) is 24.0 Å². The highest BCUT2D eigenvalue weighted by Gasteiger charge is 2.04. The molecule has 0 aliphatic rings. The van der Waals surface area contributed by atoms with Crippen LogP contribution in [0, 0.1) is 11.3 Å². The van der Waals surface area contributed by atoms with Gasteiger partial charge < -0.3 is 15.4 Å². The molecule has 0 atom stereocenters. The fraction of sp³-hybridized carbons (Fsp3) is 0.263. The SMILES string of the molecule is CN=C(NCCc1ccc(OC)cc1Cl)NCc1ccc(C#N)cc1.I. The Morgan fingerprint density at radius 1 is 1.19 bits per heavy atom. The highest BCUT2D eigenvalue weighted by molar-refractivity contribution is 14.0. The normalized spacial score (nSPS) is 10.5. The largest absolute Gasteiger partial charge is 0.497 e. The predicted octanol–water partition coefficient (Wildman–Crippen LogP) is 3.75. The van der Waals surface area contributed by atoms with Gasteiger partial charge >= 0.3 is 0 Å². The Kier molecular flexibility index (Phi) is 9.84. The van der Waals surface area contributed by atoms with E-state index in [1.54, 1.807) is 26.3 Å². The van der Waals surface area contributed by atoms with Crippen molar-refractivity contribution in [2.24, 2.45) is 4.99 Å². The minimum absolute atomic E-state index is 0. The third-order valence-electron chi connectivity index (χ3n) is 3.71. The number of benzene rings is 2. The molecule has 138 valence electrons. The maximum atomic E-state index is 8.81. The van der Waals surface area contributed by atoms with Gasteiger partial charge in [0.25, 0.3) is 0 Å². The van der Waals surface area contributed by atoms with Crippen molar-refractivity contribution < 1.29 is 4.74 Å². The van der Waals surface area contributed by atoms with Crippen LogP contribution in [0.15, 0.2) is 47.5 Å². The molecule has 0 saturated carbocycles. The number of methoxy groups -OCH3 is 1. The first-order valence-electron chi connectivity index (χ1n) is 7.92. The zero-order chi connectivity index (χ0) is 18.1. The number of nitrogens with zero attached hydrogens (tertiary/aromatic N) is 2. The summed E-state index contributed by atoms with van der Waals surface area (Å²) in [5, 5.41) is 16.0. The Morgan fingerprint density at radius 3 is 2.50 bits per heavy atom. The Bertz CT molecular complexity index is 772. The second-order valence-corrected chi connectivity index (χ2v) is 5.78. The molecule has 0 unspecified atom stereocenters. The number of guanidine groups is 1. The van der Waals surface area contributed by atoms with Crippen LogP contribution >= 0.6 is 35.6 Å². The van der Waals surface area contributed by atoms with E-state index in [4.69, 9.17) is 21.6 Å². The third-order valence-corrected chi connectivity index (χ3v) is 4.07. The second-order valence-electron chi connectivity index (χ2n) is 5.37. The third kappa shape index (κ3) is 6.73. The van der Waals surface area contributed by atoms with E-state index < -0.39 is 0 Å². The standard InChI is InChI=1S/C19H21ClN4O.HI/c1-22-19(24-13-15-5-3-14(12-21)4-6-15)23-10-9-16-7-8-17(25-2)11-18(16)20;/h3-8,11H,9-10,13H2,1-2H3,(H2,22,23,24);1H. The summed E-state index contributed by atoms with van der Waals surface area (Å²) in [6.45, 7) is 1.34. The average Bonchev–Trinajstić information content (AvgIpc) is 2.66. The van der Waals surface area contributed by atoms with E-state index in [1.165, 1.54) is 0 Å². The van der Waals surface area contributed by atoms with Crippen molar-refractivity contribution in [3.63, 3.8) is 0 Å². The van der Waals surface area contributed by atoms with Gasteiger partial charge in [-0.2, -0.15) is 5.26 Å². The number of halogens is 2. The summed E-state index contributed by atoms with van der Waals surface area (Å²) in [5.41, 5.74) is 2.79. The molecule has 0 aliphatic carbocycles. The lowest BCUT2D eigenvalue weighted by Crippen LogP contribution is -2.37. The van der Waals surface area contributed by atoms with Crippen LogP contribution in [-0.4, -0.2) is 26.7 Å². The lowest BCUT2D eigenvalue weighted by Gasteiger charge is -2.13. The molecule has 2 aromatic carbocycles. The molecule has 2 rings (SSSR count). The van der Waals surface area contributed by atoms with Crippen molar-refractivity contribution in [3.8, 4) is 11.8 Å². The number of ether oxygens (including phenoxy) is 1. The highest BCUT2D eigenvalue weighted by Crippen LogP contribution is 2.22. The molecular formula is C19H22ClIN4O. The number of hydrogen-bond acceptors (Lipinski definition) is 3. The van der Waals surface area contributed by atoms with Crippen LogP contribution in [0.4, 0.5) is 0 Å². The van der Waals surface area contributed by atoms with Gasteiger partial charge in [-0.25, -0.2) is 0 Å². The van der Waals surface area contributed by atoms with Crippen molar-refractivity contribution in [2.75, 3.05) is 20.7 Å². The lowest BCUT2D eigenvalue weighted by atomic mass is 10.1. The van der Waals surface area contributed by atoms with Crippen molar-refractivity contribution in [3.05, 3.63) is 64.2 Å². The molecule has 0 spiro atoms. The van der Waals surface area contributed by atoms with Crippen molar-refractivity contribution >= 4 is 41.5 Å². The number of aliphatic imine (C=N–C) groups is 1. The fourth-order valence-corrected chi connectivity index (χ4v) is 2.54. The molecule has 0 heterocycles. The Hall–Kier alpha value is -1.98. The molecule has 2 aromatic rings. The van der Waals surface area contributed by atoms with Gasteiger partial charge in [-0.05, 0) is 41.8 Å². The first kappa shape index (κ1) is 22.1. The van der Waals surface area contributed by atoms with Gasteiger partial charge in [-0.3, -0.25) is 4.99 Å². The number of hydrogen-bond donors (Lipinski definition) is 2. The second kappa shape index (κ2) is 11.6. The quantitative estimate of drug-likeness (QED) is 0.372. The van der Waals surface area contributed by atoms with E-state index in [9.17, 15) is 0 Å². The Labute approximate surface area is 176 Å². The van der Waals surface area contributed by atoms with E-state index in [0.717, 1.165) is 23.3 Å². The van der Waals surface area contributed by atoms with Gasteiger partial charge in [0.05, 0.1) is 18.7 Å². The van der Waals surface area contributed by atoms with E-state index in [1.807, 2.05) is 30.3 Å². The summed E-state index contributed by atoms with van der Waals surface area (Å²) < 4.78 is 5.15. The molecule has 7 heteroatoms. The van der Waals surface area contributed by atoms with Gasteiger partial charge in [0.15, 0.2) is 5.96 Å². The maximum absolute atomic E-state index is 8.81. The van der Waals surface area contributed by atoms with Gasteiger partial charge in [0.1, 0.15) is 5.75 Å². The topological polar surface area (TPSA) is 69.4 Å². The number of nitriles is 1. The van der Waals surface area contributed by atoms with E-state index in [-0.39, 0.29) is 24.0 Å². The van der Waals surface area contributed by atoms with E-state index in [0.29, 0.717) is 29.6 Å². The van der Waals surface area contributed by atoms with Crippen molar-refractivity contribution in [2.45, 2.75) is 13.0 Å². The summed E-state index contributed by atoms with van der Waals surface area (Å²) in [4.78, 5) is 4.21. The number of nitrogens with one attached hydrogen (secondary N) is 2. The van der Waals surface area contributed by atoms with Crippen LogP contribution in [0.3, 0.4) is 0 Å². The van der Waals surface area contributed by atoms with Crippen LogP contribution < -0.4 is 15.4 Å². The molecular weight excluding hydrogens is 463 g/mol. The lowest BCUT2D eigenvalue weighted by molar-refractivity contribution is 0.414. The van der Waals surface area contributed by atoms with E-state index in [2.05, 4.69) is 21.7 Å². The first-order chi connectivity index (χ1) is 12.2. The Morgan fingerprint density at radius 2 is 1.92 bits per heavy atom. The summed E-state index contributed by atoms with van der Waals surface area (Å²) >= 11 is 6.25. The highest BCUT2D eigenvalue weighted by atomic mass is 127. The predicted molar refractivity (Wildman–Crippen MR) is 116 cm³/mol. The molecule has 5 nitrogen and oxygen atoms in total. The molecule has 0 radical (unpaired) electrons. The molecule has 0 amide bonds. The zero-order valence-electron chi connectivity index (χ0n) is 14.8. The van der Waals surface area contributed by atoms with Gasteiger partial charge in [0.2, 0.25) is 0 Å². The minimum Gasteiger partial charge on any atom is -0.497 e. The molecule has 0 aromatic heterocycles. The van der Waals surface area contributed by atoms with Crippen LogP contribution in [0.5, 0.6) is 5.75 Å². The average molecular weight is 485 g/mol. The van der Waals surface area contributed by atoms with E-state index >= 15 is 0 Å². The Balaban J connectivity index is 0.00000338. The smallest absolute Gasteiger partial charge is 0.191 e. The summed E-state index contributed by atoms with van der Waals surface area (Å²) in [5.74, 6) is 1.47. The first-order valence-corrected chi connectivity index (χ1v) is 8.30. The fourth-order valence-electron chi connectivity index (χ4n) is 2.28. The number of rotatable bonds is 6. The van der Waals surface area contributed by atoms with Crippen molar-refractivity contribution in [1.82, 2.24) is 10.6 Å². The molecule has 0 aliphatic heterocycles. The van der Waals surface area contributed by atoms with Crippen molar-refractivity contribution in [1.29, 1.82) is 5.26 Å². The van der Waals surface area contributed by atoms with Crippen LogP contribution in [-0.2, 0) is 13.0 Å². The van der Waals surface area contributed by atoms with Gasteiger partial charge in [-0.1, -0.05) is 29.8 Å². The van der Waals surface area contributed by atoms with Crippen LogP contribution in [0.2, 0.25) is 5.02 Å². The monoisotopic (exact) mass is 484 g/mol. The summed E-state index contributed by atoms with van der Waals surface area (Å²) in [6, 6.07) is 15.3. The molecule has 26 heavy (non-hydrogen) atoms. The molecule has 0 bridgehead atoms. The summed E-state index contributed by atoms with van der Waals surface area (Å²) in [7, 11) is 3.35. The maximum Gasteiger partial charge on any atom is 0.191 e. The van der Waals surface area contributed by atoms with Crippen LogP contribution in [0.25, 0.3) is 0 Å².